The molecule has 0 aliphatic carbocycles. The van der Waals surface area contributed by atoms with Crippen molar-refractivity contribution in [2.24, 2.45) is 5.41 Å². The predicted molar refractivity (Wildman–Crippen MR) is 137 cm³/mol. The number of nitriles is 1. The number of nitrogens with zero attached hydrogens (tertiary/aromatic N) is 3. The number of Topliss-reactive ketones (excluding diaryl/α,β-unsaturated/α-hetero) is 1. The Morgan fingerprint density at radius 1 is 1.11 bits per heavy atom. The van der Waals surface area contributed by atoms with E-state index in [1.54, 1.807) is 25.3 Å². The second kappa shape index (κ2) is 9.09. The molecule has 2 aromatic carbocycles. The van der Waals surface area contributed by atoms with E-state index in [-0.39, 0.29) is 12.4 Å². The highest BCUT2D eigenvalue weighted by molar-refractivity contribution is 6.06. The molecule has 5 rings (SSSR count). The maximum Gasteiger partial charge on any atom is 0.329 e. The van der Waals surface area contributed by atoms with Crippen LogP contribution in [-0.2, 0) is 9.53 Å². The van der Waals surface area contributed by atoms with Crippen molar-refractivity contribution in [3.05, 3.63) is 101 Å². The predicted octanol–water partition coefficient (Wildman–Crippen LogP) is 5.02. The van der Waals surface area contributed by atoms with Gasteiger partial charge in [-0.2, -0.15) is 5.26 Å². The van der Waals surface area contributed by atoms with Crippen LogP contribution < -0.4 is 4.90 Å². The molecule has 0 bridgehead atoms. The Balaban J connectivity index is 1.84. The molecule has 0 saturated carbocycles. The average molecular weight is 478 g/mol. The van der Waals surface area contributed by atoms with E-state index in [4.69, 9.17) is 4.74 Å². The first kappa shape index (κ1) is 23.5. The van der Waals surface area contributed by atoms with Gasteiger partial charge in [-0.3, -0.25) is 14.6 Å². The summed E-state index contributed by atoms with van der Waals surface area (Å²) in [4.78, 5) is 34.5. The number of carbonyl (C=O) groups is 2. The van der Waals surface area contributed by atoms with Gasteiger partial charge in [-0.05, 0) is 50.1 Å². The maximum absolute atomic E-state index is 14.3. The third kappa shape index (κ3) is 3.43. The Labute approximate surface area is 210 Å². The van der Waals surface area contributed by atoms with Gasteiger partial charge in [0.05, 0.1) is 30.1 Å². The Morgan fingerprint density at radius 3 is 2.58 bits per heavy atom. The van der Waals surface area contributed by atoms with Crippen LogP contribution in [0.1, 0.15) is 45.6 Å². The van der Waals surface area contributed by atoms with Gasteiger partial charge in [0.2, 0.25) is 0 Å². The summed E-state index contributed by atoms with van der Waals surface area (Å²) in [7, 11) is 0. The normalized spacial score (nSPS) is 23.9. The topological polar surface area (TPSA) is 83.3 Å². The first-order valence-electron chi connectivity index (χ1n) is 12.1. The summed E-state index contributed by atoms with van der Waals surface area (Å²) >= 11 is 0. The van der Waals surface area contributed by atoms with Crippen molar-refractivity contribution in [1.29, 1.82) is 5.26 Å². The second-order valence-corrected chi connectivity index (χ2v) is 9.33. The number of pyridine rings is 1. The summed E-state index contributed by atoms with van der Waals surface area (Å²) in [5.41, 5.74) is 3.06. The SMILES string of the molecule is CCOC(=O)[C@]1(C#N)[C@@H]2C=Cc3ncccc3N2[C@@H](C(=O)c2ccccc2)[C@@H]1c1ccc(C)cc1C. The van der Waals surface area contributed by atoms with Crippen molar-refractivity contribution in [2.75, 3.05) is 11.5 Å². The molecule has 0 spiro atoms. The number of rotatable bonds is 5. The van der Waals surface area contributed by atoms with Crippen LogP contribution in [0.3, 0.4) is 0 Å². The number of anilines is 1. The molecule has 0 radical (unpaired) electrons. The summed E-state index contributed by atoms with van der Waals surface area (Å²) in [6.45, 7) is 5.81. The smallest absolute Gasteiger partial charge is 0.329 e. The molecule has 0 unspecified atom stereocenters. The lowest BCUT2D eigenvalue weighted by atomic mass is 9.67. The van der Waals surface area contributed by atoms with E-state index in [0.29, 0.717) is 11.3 Å². The summed E-state index contributed by atoms with van der Waals surface area (Å²) in [5.74, 6) is -1.54. The molecule has 1 saturated heterocycles. The molecule has 2 aliphatic heterocycles. The molecule has 36 heavy (non-hydrogen) atoms. The van der Waals surface area contributed by atoms with Crippen LogP contribution in [0.2, 0.25) is 0 Å². The quantitative estimate of drug-likeness (QED) is 0.379. The zero-order valence-corrected chi connectivity index (χ0v) is 20.5. The third-order valence-electron chi connectivity index (χ3n) is 7.29. The molecule has 1 aromatic heterocycles. The molecule has 4 atom stereocenters. The van der Waals surface area contributed by atoms with Crippen LogP contribution in [0.15, 0.2) is 72.9 Å². The summed E-state index contributed by atoms with van der Waals surface area (Å²) in [6.07, 6.45) is 5.35. The lowest BCUT2D eigenvalue weighted by molar-refractivity contribution is -0.152. The van der Waals surface area contributed by atoms with Gasteiger partial charge in [-0.1, -0.05) is 60.2 Å². The number of hydrogen-bond donors (Lipinski definition) is 0. The lowest BCUT2D eigenvalue weighted by Gasteiger charge is -2.35. The van der Waals surface area contributed by atoms with Gasteiger partial charge in [0.15, 0.2) is 11.2 Å². The number of hydrogen-bond acceptors (Lipinski definition) is 6. The Bertz CT molecular complexity index is 1410. The number of aryl methyl sites for hydroxylation is 2. The third-order valence-corrected chi connectivity index (χ3v) is 7.29. The van der Waals surface area contributed by atoms with E-state index < -0.39 is 29.4 Å². The van der Waals surface area contributed by atoms with E-state index in [9.17, 15) is 14.9 Å². The van der Waals surface area contributed by atoms with Crippen molar-refractivity contribution in [3.8, 4) is 6.07 Å². The van der Waals surface area contributed by atoms with E-state index >= 15 is 0 Å². The van der Waals surface area contributed by atoms with Crippen molar-refractivity contribution < 1.29 is 14.3 Å². The van der Waals surface area contributed by atoms with Crippen LogP contribution in [0.4, 0.5) is 5.69 Å². The Hall–Kier alpha value is -4.24. The number of ketones is 1. The Morgan fingerprint density at radius 2 is 1.89 bits per heavy atom. The molecule has 6 heteroatoms. The fourth-order valence-electron chi connectivity index (χ4n) is 5.79. The van der Waals surface area contributed by atoms with Crippen molar-refractivity contribution in [2.45, 2.75) is 38.8 Å². The largest absolute Gasteiger partial charge is 0.465 e. The van der Waals surface area contributed by atoms with Crippen LogP contribution in [0, 0.1) is 30.6 Å². The molecule has 0 N–H and O–H groups in total. The first-order chi connectivity index (χ1) is 17.4. The minimum atomic E-state index is -1.64. The highest BCUT2D eigenvalue weighted by Gasteiger charge is 2.67. The zero-order chi connectivity index (χ0) is 25.4. The number of esters is 1. The monoisotopic (exact) mass is 477 g/mol. The molecule has 3 heterocycles. The fraction of sp³-hybridized carbons (Fsp3) is 0.267. The summed E-state index contributed by atoms with van der Waals surface area (Å²) < 4.78 is 5.56. The van der Waals surface area contributed by atoms with Crippen LogP contribution >= 0.6 is 0 Å². The first-order valence-corrected chi connectivity index (χ1v) is 12.1. The molecule has 180 valence electrons. The summed E-state index contributed by atoms with van der Waals surface area (Å²) in [5, 5.41) is 10.8. The standard InChI is InChI=1S/C30H27N3O3/c1-4-36-29(35)30(18-31)25-15-14-23-24(11-8-16-32-23)33(25)27(28(34)21-9-6-5-7-10-21)26(30)22-13-12-19(2)17-20(22)3/h5-17,25-27H,4H2,1-3H3/t25-,26-,27+,30+/m0/s1. The van der Waals surface area contributed by atoms with Gasteiger partial charge in [-0.15, -0.1) is 0 Å². The van der Waals surface area contributed by atoms with E-state index in [1.807, 2.05) is 79.4 Å². The fourth-order valence-corrected chi connectivity index (χ4v) is 5.79. The molecule has 2 aliphatic rings. The molecular formula is C30H27N3O3. The molecule has 6 nitrogen and oxygen atoms in total. The zero-order valence-electron chi connectivity index (χ0n) is 20.5. The van der Waals surface area contributed by atoms with Crippen LogP contribution in [0.5, 0.6) is 0 Å². The van der Waals surface area contributed by atoms with Crippen molar-refractivity contribution in [3.63, 3.8) is 0 Å². The number of carbonyl (C=O) groups excluding carboxylic acids is 2. The lowest BCUT2D eigenvalue weighted by Crippen LogP contribution is -2.47. The molecule has 0 amide bonds. The molecule has 1 fully saturated rings. The number of fused-ring (bicyclic) bond motifs is 3. The van der Waals surface area contributed by atoms with E-state index in [0.717, 1.165) is 22.4 Å². The number of benzene rings is 2. The van der Waals surface area contributed by atoms with Crippen LogP contribution in [0.25, 0.3) is 6.08 Å². The second-order valence-electron chi connectivity index (χ2n) is 9.33. The van der Waals surface area contributed by atoms with Crippen molar-refractivity contribution >= 4 is 23.5 Å². The minimum absolute atomic E-state index is 0.133. The van der Waals surface area contributed by atoms with Gasteiger partial charge >= 0.3 is 5.97 Å². The molecular weight excluding hydrogens is 450 g/mol. The van der Waals surface area contributed by atoms with Gasteiger partial charge in [0.25, 0.3) is 0 Å². The minimum Gasteiger partial charge on any atom is -0.465 e. The van der Waals surface area contributed by atoms with E-state index in [1.165, 1.54) is 0 Å². The van der Waals surface area contributed by atoms with Gasteiger partial charge < -0.3 is 9.64 Å². The number of aromatic nitrogens is 1. The highest BCUT2D eigenvalue weighted by atomic mass is 16.5. The average Bonchev–Trinajstić information content (AvgIpc) is 3.20. The molecule has 3 aromatic rings. The van der Waals surface area contributed by atoms with Gasteiger partial charge in [-0.25, -0.2) is 0 Å². The highest BCUT2D eigenvalue weighted by Crippen LogP contribution is 2.56. The van der Waals surface area contributed by atoms with E-state index in [2.05, 4.69) is 11.1 Å². The number of ether oxygens (including phenoxy) is 1. The summed E-state index contributed by atoms with van der Waals surface area (Å²) in [6, 6.07) is 19.5. The van der Waals surface area contributed by atoms with Gasteiger partial charge in [0, 0.05) is 17.7 Å². The van der Waals surface area contributed by atoms with Crippen molar-refractivity contribution in [1.82, 2.24) is 4.98 Å². The van der Waals surface area contributed by atoms with Gasteiger partial charge in [0.1, 0.15) is 6.04 Å². The van der Waals surface area contributed by atoms with Crippen LogP contribution in [-0.4, -0.2) is 35.4 Å². The Kier molecular flexibility index (Phi) is 5.93. The maximum atomic E-state index is 14.3.